The van der Waals surface area contributed by atoms with Crippen LogP contribution in [-0.2, 0) is 11.3 Å². The van der Waals surface area contributed by atoms with E-state index in [1.54, 1.807) is 6.07 Å². The summed E-state index contributed by atoms with van der Waals surface area (Å²) in [6.45, 7) is 2.86. The average molecular weight is 253 g/mol. The smallest absolute Gasteiger partial charge is 0.354 e. The summed E-state index contributed by atoms with van der Waals surface area (Å²) in [6.07, 6.45) is 2.35. The molecule has 2 N–H and O–H groups in total. The Morgan fingerprint density at radius 1 is 1.39 bits per heavy atom. The van der Waals surface area contributed by atoms with Crippen LogP contribution in [-0.4, -0.2) is 50.1 Å². The van der Waals surface area contributed by atoms with Crippen molar-refractivity contribution >= 4 is 5.97 Å². The monoisotopic (exact) mass is 253 g/mol. The molecule has 1 aromatic rings. The number of aromatic nitrogens is 1. The van der Waals surface area contributed by atoms with Crippen molar-refractivity contribution in [2.24, 2.45) is 0 Å². The van der Waals surface area contributed by atoms with Crippen LogP contribution in [0, 0.1) is 0 Å². The maximum Gasteiger partial charge on any atom is 0.354 e. The van der Waals surface area contributed by atoms with Crippen LogP contribution in [0.3, 0.4) is 0 Å². The minimum atomic E-state index is -0.327. The van der Waals surface area contributed by atoms with Crippen LogP contribution in [0.5, 0.6) is 0 Å². The molecule has 1 aromatic heterocycles. The number of methoxy groups -OCH3 is 1. The first-order valence-corrected chi connectivity index (χ1v) is 6.25. The number of esters is 1. The van der Waals surface area contributed by atoms with E-state index in [4.69, 9.17) is 0 Å². The molecule has 0 aliphatic rings. The van der Waals surface area contributed by atoms with Crippen LogP contribution in [0.2, 0.25) is 0 Å². The number of hydrogen-bond acceptors (Lipinski definition) is 4. The molecule has 0 atom stereocenters. The van der Waals surface area contributed by atoms with Crippen LogP contribution in [0.25, 0.3) is 0 Å². The van der Waals surface area contributed by atoms with Gasteiger partial charge in [-0.3, -0.25) is 0 Å². The lowest BCUT2D eigenvalue weighted by molar-refractivity contribution is 0.0594. The molecular weight excluding hydrogens is 230 g/mol. The van der Waals surface area contributed by atoms with Crippen molar-refractivity contribution in [1.29, 1.82) is 0 Å². The van der Waals surface area contributed by atoms with Crippen molar-refractivity contribution in [3.63, 3.8) is 0 Å². The summed E-state index contributed by atoms with van der Waals surface area (Å²) >= 11 is 0. The SMILES string of the molecule is COC(=O)c1ccc(CNCCCCN(C)C)[nH]1. The molecule has 0 unspecified atom stereocenters. The fourth-order valence-corrected chi connectivity index (χ4v) is 1.67. The highest BCUT2D eigenvalue weighted by atomic mass is 16.5. The molecule has 5 heteroatoms. The fraction of sp³-hybridized carbons (Fsp3) is 0.615. The molecule has 1 rings (SSSR count). The molecule has 0 saturated heterocycles. The Balaban J connectivity index is 2.16. The maximum absolute atomic E-state index is 11.2. The summed E-state index contributed by atoms with van der Waals surface area (Å²) < 4.78 is 4.63. The number of aromatic amines is 1. The van der Waals surface area contributed by atoms with Crippen LogP contribution >= 0.6 is 0 Å². The van der Waals surface area contributed by atoms with Gasteiger partial charge in [0.15, 0.2) is 0 Å². The van der Waals surface area contributed by atoms with Crippen LogP contribution in [0.4, 0.5) is 0 Å². The molecule has 0 saturated carbocycles. The van der Waals surface area contributed by atoms with E-state index in [1.165, 1.54) is 13.5 Å². The zero-order valence-corrected chi connectivity index (χ0v) is 11.5. The molecule has 0 spiro atoms. The third-order valence-corrected chi connectivity index (χ3v) is 2.68. The van der Waals surface area contributed by atoms with Gasteiger partial charge in [0.1, 0.15) is 5.69 Å². The summed E-state index contributed by atoms with van der Waals surface area (Å²) in [5.41, 5.74) is 1.50. The number of nitrogens with zero attached hydrogens (tertiary/aromatic N) is 1. The van der Waals surface area contributed by atoms with E-state index in [0.717, 1.165) is 31.7 Å². The lowest BCUT2D eigenvalue weighted by Crippen LogP contribution is -2.18. The molecule has 0 amide bonds. The Morgan fingerprint density at radius 2 is 2.17 bits per heavy atom. The minimum absolute atomic E-state index is 0.327. The Hall–Kier alpha value is -1.33. The molecule has 1 heterocycles. The van der Waals surface area contributed by atoms with Gasteiger partial charge in [-0.2, -0.15) is 0 Å². The minimum Gasteiger partial charge on any atom is -0.464 e. The highest BCUT2D eigenvalue weighted by molar-refractivity contribution is 5.87. The number of ether oxygens (including phenoxy) is 1. The lowest BCUT2D eigenvalue weighted by atomic mass is 10.3. The van der Waals surface area contributed by atoms with E-state index in [9.17, 15) is 4.79 Å². The van der Waals surface area contributed by atoms with Crippen molar-refractivity contribution < 1.29 is 9.53 Å². The van der Waals surface area contributed by atoms with E-state index in [-0.39, 0.29) is 5.97 Å². The Morgan fingerprint density at radius 3 is 2.83 bits per heavy atom. The highest BCUT2D eigenvalue weighted by Crippen LogP contribution is 2.03. The van der Waals surface area contributed by atoms with Gasteiger partial charge in [-0.15, -0.1) is 0 Å². The topological polar surface area (TPSA) is 57.4 Å². The van der Waals surface area contributed by atoms with Gasteiger partial charge in [-0.25, -0.2) is 4.79 Å². The van der Waals surface area contributed by atoms with E-state index >= 15 is 0 Å². The summed E-state index contributed by atoms with van der Waals surface area (Å²) in [6, 6.07) is 3.65. The fourth-order valence-electron chi connectivity index (χ4n) is 1.67. The van der Waals surface area contributed by atoms with Crippen LogP contribution in [0.1, 0.15) is 29.0 Å². The van der Waals surface area contributed by atoms with Gasteiger partial charge in [-0.1, -0.05) is 0 Å². The average Bonchev–Trinajstić information content (AvgIpc) is 2.81. The number of H-pyrrole nitrogens is 1. The van der Waals surface area contributed by atoms with Gasteiger partial charge >= 0.3 is 5.97 Å². The Bertz CT molecular complexity index is 361. The highest BCUT2D eigenvalue weighted by Gasteiger charge is 2.07. The molecule has 0 fully saturated rings. The van der Waals surface area contributed by atoms with E-state index in [2.05, 4.69) is 34.0 Å². The molecule has 18 heavy (non-hydrogen) atoms. The largest absolute Gasteiger partial charge is 0.464 e. The number of carbonyl (C=O) groups is 1. The zero-order chi connectivity index (χ0) is 13.4. The predicted octanol–water partition coefficient (Wildman–Crippen LogP) is 1.23. The van der Waals surface area contributed by atoms with Crippen molar-refractivity contribution in [3.05, 3.63) is 23.5 Å². The predicted molar refractivity (Wildman–Crippen MR) is 71.6 cm³/mol. The first-order valence-electron chi connectivity index (χ1n) is 6.25. The number of hydrogen-bond donors (Lipinski definition) is 2. The van der Waals surface area contributed by atoms with Gasteiger partial charge < -0.3 is 19.9 Å². The molecule has 0 aliphatic heterocycles. The molecule has 102 valence electrons. The van der Waals surface area contributed by atoms with Crippen molar-refractivity contribution in [2.75, 3.05) is 34.3 Å². The van der Waals surface area contributed by atoms with E-state index in [1.807, 2.05) is 6.07 Å². The second-order valence-corrected chi connectivity index (χ2v) is 4.58. The maximum atomic E-state index is 11.2. The molecule has 0 radical (unpaired) electrons. The van der Waals surface area contributed by atoms with Gasteiger partial charge in [0.25, 0.3) is 0 Å². The Kier molecular flexibility index (Phi) is 6.46. The summed E-state index contributed by atoms with van der Waals surface area (Å²) in [5.74, 6) is -0.327. The van der Waals surface area contributed by atoms with E-state index < -0.39 is 0 Å². The molecule has 0 aliphatic carbocycles. The number of nitrogens with one attached hydrogen (secondary N) is 2. The third-order valence-electron chi connectivity index (χ3n) is 2.68. The second-order valence-electron chi connectivity index (χ2n) is 4.58. The zero-order valence-electron chi connectivity index (χ0n) is 11.5. The molecule has 0 aromatic carbocycles. The lowest BCUT2D eigenvalue weighted by Gasteiger charge is -2.09. The Labute approximate surface area is 109 Å². The third kappa shape index (κ3) is 5.33. The second kappa shape index (κ2) is 7.89. The van der Waals surface area contributed by atoms with Crippen LogP contribution < -0.4 is 5.32 Å². The summed E-state index contributed by atoms with van der Waals surface area (Å²) in [4.78, 5) is 16.4. The van der Waals surface area contributed by atoms with Gasteiger partial charge in [-0.05, 0) is 52.2 Å². The van der Waals surface area contributed by atoms with Crippen molar-refractivity contribution in [1.82, 2.24) is 15.2 Å². The molecule has 5 nitrogen and oxygen atoms in total. The number of carbonyl (C=O) groups excluding carboxylic acids is 1. The van der Waals surface area contributed by atoms with Gasteiger partial charge in [0.2, 0.25) is 0 Å². The van der Waals surface area contributed by atoms with Crippen LogP contribution in [0.15, 0.2) is 12.1 Å². The van der Waals surface area contributed by atoms with E-state index in [0.29, 0.717) is 5.69 Å². The summed E-state index contributed by atoms with van der Waals surface area (Å²) in [5, 5.41) is 3.34. The number of unbranched alkanes of at least 4 members (excludes halogenated alkanes) is 1. The first-order chi connectivity index (χ1) is 8.63. The normalized spacial score (nSPS) is 10.9. The summed E-state index contributed by atoms with van der Waals surface area (Å²) in [7, 11) is 5.55. The standard InChI is InChI=1S/C13H23N3O2/c1-16(2)9-5-4-8-14-10-11-6-7-12(15-11)13(17)18-3/h6-7,14-15H,4-5,8-10H2,1-3H3. The van der Waals surface area contributed by atoms with Gasteiger partial charge in [0, 0.05) is 12.2 Å². The molecular formula is C13H23N3O2. The first kappa shape index (κ1) is 14.7. The quantitative estimate of drug-likeness (QED) is 0.540. The van der Waals surface area contributed by atoms with Gasteiger partial charge in [0.05, 0.1) is 7.11 Å². The van der Waals surface area contributed by atoms with Crippen molar-refractivity contribution in [2.45, 2.75) is 19.4 Å². The molecule has 0 bridgehead atoms. The number of rotatable bonds is 8. The van der Waals surface area contributed by atoms with Crippen molar-refractivity contribution in [3.8, 4) is 0 Å².